The van der Waals surface area contributed by atoms with Crippen molar-refractivity contribution in [3.63, 3.8) is 0 Å². The molecule has 1 aromatic heterocycles. The molecule has 2 aliphatic rings. The molecular weight excluding hydrogens is 364 g/mol. The Balaban J connectivity index is 1.57. The lowest BCUT2D eigenvalue weighted by Gasteiger charge is -2.36. The highest BCUT2D eigenvalue weighted by Crippen LogP contribution is 2.25. The average Bonchev–Trinajstić information content (AvgIpc) is 3.03. The van der Waals surface area contributed by atoms with E-state index in [-0.39, 0.29) is 25.0 Å². The van der Waals surface area contributed by atoms with Gasteiger partial charge in [-0.2, -0.15) is 0 Å². The molecule has 0 aliphatic carbocycles. The largest absolute Gasteiger partial charge is 0.481 e. The van der Waals surface area contributed by atoms with E-state index in [1.54, 1.807) is 17.2 Å². The molecule has 1 N–H and O–H groups in total. The van der Waals surface area contributed by atoms with Crippen LogP contribution in [0.3, 0.4) is 0 Å². The number of hydrogen-bond acceptors (Lipinski definition) is 6. The van der Waals surface area contributed by atoms with Gasteiger partial charge in [-0.25, -0.2) is 9.78 Å². The summed E-state index contributed by atoms with van der Waals surface area (Å²) in [5.41, 5.74) is 0.384. The van der Waals surface area contributed by atoms with Crippen LogP contribution in [0.2, 0.25) is 0 Å². The summed E-state index contributed by atoms with van der Waals surface area (Å²) >= 11 is 0. The van der Waals surface area contributed by atoms with E-state index in [9.17, 15) is 14.4 Å². The third-order valence-electron chi connectivity index (χ3n) is 4.78. The topological polar surface area (TPSA) is 103 Å². The molecule has 2 saturated heterocycles. The van der Waals surface area contributed by atoms with Crippen molar-refractivity contribution in [3.8, 4) is 0 Å². The molecule has 1 unspecified atom stereocenters. The van der Waals surface area contributed by atoms with Gasteiger partial charge in [-0.3, -0.25) is 14.5 Å². The van der Waals surface area contributed by atoms with Gasteiger partial charge in [0.05, 0.1) is 17.8 Å². The van der Waals surface area contributed by atoms with Crippen LogP contribution in [0.1, 0.15) is 27.2 Å². The minimum atomic E-state index is -0.963. The normalized spacial score (nSPS) is 20.5. The highest BCUT2D eigenvalue weighted by atomic mass is 16.6. The second kappa shape index (κ2) is 7.65. The van der Waals surface area contributed by atoms with Gasteiger partial charge in [0.1, 0.15) is 11.4 Å². The fourth-order valence-corrected chi connectivity index (χ4v) is 3.29. The quantitative estimate of drug-likeness (QED) is 0.836. The smallest absolute Gasteiger partial charge is 0.410 e. The third kappa shape index (κ3) is 4.52. The van der Waals surface area contributed by atoms with E-state index >= 15 is 0 Å². The second-order valence-electron chi connectivity index (χ2n) is 8.07. The molecule has 28 heavy (non-hydrogen) atoms. The van der Waals surface area contributed by atoms with E-state index in [2.05, 4.69) is 9.88 Å². The van der Waals surface area contributed by atoms with Gasteiger partial charge in [0.2, 0.25) is 5.91 Å². The Labute approximate surface area is 163 Å². The van der Waals surface area contributed by atoms with Crippen LogP contribution in [-0.4, -0.2) is 71.3 Å². The van der Waals surface area contributed by atoms with Crippen LogP contribution >= 0.6 is 0 Å². The average molecular weight is 390 g/mol. The number of aliphatic carboxylic acids is 1. The summed E-state index contributed by atoms with van der Waals surface area (Å²) in [5, 5.41) is 9.09. The first-order valence-electron chi connectivity index (χ1n) is 9.36. The van der Waals surface area contributed by atoms with Crippen LogP contribution in [0, 0.1) is 5.92 Å². The van der Waals surface area contributed by atoms with Gasteiger partial charge < -0.3 is 19.6 Å². The van der Waals surface area contributed by atoms with Crippen molar-refractivity contribution >= 4 is 29.5 Å². The van der Waals surface area contributed by atoms with Crippen LogP contribution in [0.25, 0.3) is 0 Å². The summed E-state index contributed by atoms with van der Waals surface area (Å²) in [6.07, 6.45) is 1.38. The molecule has 2 amide bonds. The summed E-state index contributed by atoms with van der Waals surface area (Å²) in [4.78, 5) is 44.9. The number of hydrogen-bond donors (Lipinski definition) is 1. The molecule has 0 bridgehead atoms. The molecule has 0 saturated carbocycles. The standard InChI is InChI=1S/C19H26N4O5/c1-19(2,3)28-18(27)22-8-6-21(7-9-22)14-4-5-15(20-11-14)23-12-13(17(25)26)10-16(23)24/h4-5,11,13H,6-10,12H2,1-3H3,(H,25,26). The number of pyridine rings is 1. The molecule has 9 heteroatoms. The number of amides is 2. The number of nitrogens with zero attached hydrogens (tertiary/aromatic N) is 4. The first kappa shape index (κ1) is 19.9. The zero-order valence-electron chi connectivity index (χ0n) is 16.4. The number of rotatable bonds is 3. The number of carboxylic acid groups (broad SMARTS) is 1. The first-order chi connectivity index (χ1) is 13.1. The zero-order valence-corrected chi connectivity index (χ0v) is 16.4. The molecule has 2 fully saturated rings. The van der Waals surface area contributed by atoms with Crippen molar-refractivity contribution in [3.05, 3.63) is 18.3 Å². The number of carbonyl (C=O) groups is 3. The predicted molar refractivity (Wildman–Crippen MR) is 102 cm³/mol. The summed E-state index contributed by atoms with van der Waals surface area (Å²) in [7, 11) is 0. The van der Waals surface area contributed by atoms with Crippen LogP contribution in [0.5, 0.6) is 0 Å². The SMILES string of the molecule is CC(C)(C)OC(=O)N1CCN(c2ccc(N3CC(C(=O)O)CC3=O)nc2)CC1. The lowest BCUT2D eigenvalue weighted by Crippen LogP contribution is -2.50. The van der Waals surface area contributed by atoms with E-state index in [4.69, 9.17) is 9.84 Å². The van der Waals surface area contributed by atoms with Gasteiger partial charge in [0, 0.05) is 39.1 Å². The number of carbonyl (C=O) groups excluding carboxylic acids is 2. The Kier molecular flexibility index (Phi) is 5.44. The van der Waals surface area contributed by atoms with Crippen molar-refractivity contribution < 1.29 is 24.2 Å². The Morgan fingerprint density at radius 1 is 1.18 bits per heavy atom. The van der Waals surface area contributed by atoms with Gasteiger partial charge in [-0.1, -0.05) is 0 Å². The van der Waals surface area contributed by atoms with Crippen molar-refractivity contribution in [2.75, 3.05) is 42.5 Å². The maximum atomic E-state index is 12.1. The maximum Gasteiger partial charge on any atom is 0.410 e. The van der Waals surface area contributed by atoms with Crippen molar-refractivity contribution in [2.24, 2.45) is 5.92 Å². The van der Waals surface area contributed by atoms with Gasteiger partial charge in [0.25, 0.3) is 0 Å². The highest BCUT2D eigenvalue weighted by molar-refractivity contribution is 5.98. The molecule has 1 atom stereocenters. The fourth-order valence-electron chi connectivity index (χ4n) is 3.29. The predicted octanol–water partition coefficient (Wildman–Crippen LogP) is 1.58. The molecule has 3 heterocycles. The number of aromatic nitrogens is 1. The zero-order chi connectivity index (χ0) is 20.5. The summed E-state index contributed by atoms with van der Waals surface area (Å²) in [6, 6.07) is 3.60. The molecule has 3 rings (SSSR count). The Morgan fingerprint density at radius 3 is 2.36 bits per heavy atom. The molecule has 2 aliphatic heterocycles. The lowest BCUT2D eigenvalue weighted by molar-refractivity contribution is -0.141. The summed E-state index contributed by atoms with van der Waals surface area (Å²) in [5.74, 6) is -1.41. The lowest BCUT2D eigenvalue weighted by atomic mass is 10.1. The van der Waals surface area contributed by atoms with Crippen molar-refractivity contribution in [1.82, 2.24) is 9.88 Å². The van der Waals surface area contributed by atoms with Crippen LogP contribution in [-0.2, 0) is 14.3 Å². The van der Waals surface area contributed by atoms with E-state index in [0.717, 1.165) is 5.69 Å². The summed E-state index contributed by atoms with van der Waals surface area (Å²) < 4.78 is 5.40. The number of piperazine rings is 1. The Bertz CT molecular complexity index is 751. The monoisotopic (exact) mass is 390 g/mol. The number of anilines is 2. The Morgan fingerprint density at radius 2 is 1.86 bits per heavy atom. The van der Waals surface area contributed by atoms with E-state index in [1.165, 1.54) is 4.90 Å². The minimum absolute atomic E-state index is 0.00535. The van der Waals surface area contributed by atoms with Gasteiger partial charge >= 0.3 is 12.1 Å². The van der Waals surface area contributed by atoms with Crippen LogP contribution in [0.15, 0.2) is 18.3 Å². The van der Waals surface area contributed by atoms with Gasteiger partial charge in [0.15, 0.2) is 0 Å². The fraction of sp³-hybridized carbons (Fsp3) is 0.579. The van der Waals surface area contributed by atoms with Crippen LogP contribution in [0.4, 0.5) is 16.3 Å². The first-order valence-corrected chi connectivity index (χ1v) is 9.36. The van der Waals surface area contributed by atoms with E-state index < -0.39 is 17.5 Å². The maximum absolute atomic E-state index is 12.1. The van der Waals surface area contributed by atoms with E-state index in [1.807, 2.05) is 26.8 Å². The number of carboxylic acids is 1. The Hall–Kier alpha value is -2.84. The second-order valence-corrected chi connectivity index (χ2v) is 8.07. The summed E-state index contributed by atoms with van der Waals surface area (Å²) in [6.45, 7) is 8.11. The molecule has 0 radical (unpaired) electrons. The molecule has 0 spiro atoms. The highest BCUT2D eigenvalue weighted by Gasteiger charge is 2.35. The molecule has 0 aromatic carbocycles. The van der Waals surface area contributed by atoms with Crippen LogP contribution < -0.4 is 9.80 Å². The number of ether oxygens (including phenoxy) is 1. The molecular formula is C19H26N4O5. The van der Waals surface area contributed by atoms with Crippen molar-refractivity contribution in [2.45, 2.75) is 32.8 Å². The van der Waals surface area contributed by atoms with E-state index in [0.29, 0.717) is 32.0 Å². The van der Waals surface area contributed by atoms with Gasteiger partial charge in [-0.15, -0.1) is 0 Å². The molecule has 152 valence electrons. The molecule has 1 aromatic rings. The third-order valence-corrected chi connectivity index (χ3v) is 4.78. The minimum Gasteiger partial charge on any atom is -0.481 e. The van der Waals surface area contributed by atoms with Crippen molar-refractivity contribution in [1.29, 1.82) is 0 Å². The molecule has 9 nitrogen and oxygen atoms in total. The van der Waals surface area contributed by atoms with Gasteiger partial charge in [-0.05, 0) is 32.9 Å².